The monoisotopic (exact) mass is 281 g/mol. The van der Waals surface area contributed by atoms with Crippen molar-refractivity contribution in [3.05, 3.63) is 35.9 Å². The summed E-state index contributed by atoms with van der Waals surface area (Å²) in [5.41, 5.74) is 6.98. The maximum atomic E-state index is 12.3. The van der Waals surface area contributed by atoms with Gasteiger partial charge in [0.05, 0.1) is 11.4 Å². The number of anilines is 1. The molecule has 1 aromatic carbocycles. The van der Waals surface area contributed by atoms with Crippen LogP contribution in [-0.2, 0) is 16.6 Å². The first-order valence-corrected chi connectivity index (χ1v) is 7.02. The highest BCUT2D eigenvalue weighted by Gasteiger charge is 2.22. The summed E-state index contributed by atoms with van der Waals surface area (Å²) in [7, 11) is -2.07. The molecule has 0 aliphatic carbocycles. The molecule has 0 aliphatic heterocycles. The van der Waals surface area contributed by atoms with Crippen molar-refractivity contribution in [2.24, 2.45) is 0 Å². The predicted molar refractivity (Wildman–Crippen MR) is 70.6 cm³/mol. The minimum Gasteiger partial charge on any atom is -0.399 e. The molecule has 0 spiro atoms. The fourth-order valence-electron chi connectivity index (χ4n) is 1.59. The molecule has 0 aliphatic rings. The molecule has 1 aromatic heterocycles. The van der Waals surface area contributed by atoms with Gasteiger partial charge in [-0.3, -0.25) is 5.10 Å². The summed E-state index contributed by atoms with van der Waals surface area (Å²) in [6.07, 6.45) is 1.34. The van der Waals surface area contributed by atoms with Gasteiger partial charge in [-0.1, -0.05) is 0 Å². The molecule has 0 fully saturated rings. The number of rotatable bonds is 4. The Morgan fingerprint density at radius 2 is 2.16 bits per heavy atom. The molecule has 102 valence electrons. The third-order valence-electron chi connectivity index (χ3n) is 2.79. The highest BCUT2D eigenvalue weighted by molar-refractivity contribution is 7.89. The number of aromatic nitrogens is 3. The molecule has 0 amide bonds. The number of aryl methyl sites for hydroxylation is 1. The number of benzene rings is 1. The smallest absolute Gasteiger partial charge is 0.243 e. The van der Waals surface area contributed by atoms with Crippen molar-refractivity contribution < 1.29 is 8.42 Å². The second kappa shape index (κ2) is 4.98. The summed E-state index contributed by atoms with van der Waals surface area (Å²) in [4.78, 5) is 4.11. The van der Waals surface area contributed by atoms with Crippen LogP contribution in [0.3, 0.4) is 0 Å². The summed E-state index contributed by atoms with van der Waals surface area (Å²) in [5.74, 6) is 0.484. The Kier molecular flexibility index (Phi) is 3.54. The number of hydrogen-bond donors (Lipinski definition) is 2. The molecular weight excluding hydrogens is 266 g/mol. The Labute approximate surface area is 111 Å². The van der Waals surface area contributed by atoms with E-state index in [2.05, 4.69) is 15.2 Å². The Bertz CT molecular complexity index is 666. The Hall–Kier alpha value is -1.93. The maximum Gasteiger partial charge on any atom is 0.243 e. The predicted octanol–water partition coefficient (Wildman–Crippen LogP) is 0.516. The summed E-state index contributed by atoms with van der Waals surface area (Å²) in [6, 6.07) is 4.64. The van der Waals surface area contributed by atoms with E-state index < -0.39 is 10.0 Å². The molecule has 0 atom stereocenters. The molecule has 0 saturated carbocycles. The van der Waals surface area contributed by atoms with Crippen LogP contribution in [0.1, 0.15) is 11.4 Å². The maximum absolute atomic E-state index is 12.3. The second-order valence-corrected chi connectivity index (χ2v) is 6.26. The van der Waals surface area contributed by atoms with Gasteiger partial charge in [-0.2, -0.15) is 9.40 Å². The normalized spacial score (nSPS) is 11.9. The van der Waals surface area contributed by atoms with Crippen molar-refractivity contribution in [1.29, 1.82) is 0 Å². The first-order chi connectivity index (χ1) is 8.91. The van der Waals surface area contributed by atoms with Gasteiger partial charge in [-0.05, 0) is 30.7 Å². The van der Waals surface area contributed by atoms with E-state index in [0.29, 0.717) is 11.5 Å². The molecule has 7 nitrogen and oxygen atoms in total. The van der Waals surface area contributed by atoms with Crippen LogP contribution in [0.5, 0.6) is 0 Å². The highest BCUT2D eigenvalue weighted by atomic mass is 32.2. The summed E-state index contributed by atoms with van der Waals surface area (Å²) < 4.78 is 25.9. The zero-order valence-corrected chi connectivity index (χ0v) is 11.5. The Morgan fingerprint density at radius 1 is 1.42 bits per heavy atom. The van der Waals surface area contributed by atoms with Crippen LogP contribution < -0.4 is 5.73 Å². The molecule has 0 unspecified atom stereocenters. The fourth-order valence-corrected chi connectivity index (χ4v) is 2.81. The standard InChI is InChI=1S/C11H15N5O2S/c1-8-5-9(3-4-10(8)12)19(17,18)16(2)6-11-13-7-14-15-11/h3-5,7H,6,12H2,1-2H3,(H,13,14,15). The number of H-pyrrole nitrogens is 1. The summed E-state index contributed by atoms with van der Waals surface area (Å²) in [5, 5.41) is 6.31. The zero-order valence-electron chi connectivity index (χ0n) is 10.7. The van der Waals surface area contributed by atoms with Gasteiger partial charge >= 0.3 is 0 Å². The second-order valence-electron chi connectivity index (χ2n) is 4.21. The van der Waals surface area contributed by atoms with Gasteiger partial charge in [0, 0.05) is 12.7 Å². The number of nitrogens with zero attached hydrogens (tertiary/aromatic N) is 3. The van der Waals surface area contributed by atoms with Crippen LogP contribution in [-0.4, -0.2) is 35.0 Å². The molecule has 2 aromatic rings. The van der Waals surface area contributed by atoms with Gasteiger partial charge in [0.25, 0.3) is 0 Å². The topological polar surface area (TPSA) is 105 Å². The van der Waals surface area contributed by atoms with Crippen LogP contribution in [0.25, 0.3) is 0 Å². The van der Waals surface area contributed by atoms with Crippen molar-refractivity contribution >= 4 is 15.7 Å². The van der Waals surface area contributed by atoms with E-state index in [1.165, 1.54) is 23.7 Å². The molecule has 2 rings (SSSR count). The van der Waals surface area contributed by atoms with E-state index in [9.17, 15) is 8.42 Å². The lowest BCUT2D eigenvalue weighted by Crippen LogP contribution is -2.27. The van der Waals surface area contributed by atoms with Crippen LogP contribution in [0.2, 0.25) is 0 Å². The van der Waals surface area contributed by atoms with Crippen molar-refractivity contribution in [2.75, 3.05) is 12.8 Å². The Morgan fingerprint density at radius 3 is 2.74 bits per heavy atom. The minimum atomic E-state index is -3.56. The lowest BCUT2D eigenvalue weighted by molar-refractivity contribution is 0.457. The van der Waals surface area contributed by atoms with Gasteiger partial charge in [-0.25, -0.2) is 13.4 Å². The van der Waals surface area contributed by atoms with Crippen LogP contribution >= 0.6 is 0 Å². The summed E-state index contributed by atoms with van der Waals surface area (Å²) in [6.45, 7) is 1.90. The van der Waals surface area contributed by atoms with Crippen molar-refractivity contribution in [3.8, 4) is 0 Å². The van der Waals surface area contributed by atoms with Crippen molar-refractivity contribution in [1.82, 2.24) is 19.5 Å². The number of nitrogens with two attached hydrogens (primary N) is 1. The highest BCUT2D eigenvalue weighted by Crippen LogP contribution is 2.20. The van der Waals surface area contributed by atoms with E-state index in [4.69, 9.17) is 5.73 Å². The molecule has 0 bridgehead atoms. The SMILES string of the molecule is Cc1cc(S(=O)(=O)N(C)Cc2ncn[nH]2)ccc1N. The van der Waals surface area contributed by atoms with Crippen LogP contribution in [0.15, 0.2) is 29.4 Å². The number of sulfonamides is 1. The molecule has 0 saturated heterocycles. The third-order valence-corrected chi connectivity index (χ3v) is 4.59. The largest absolute Gasteiger partial charge is 0.399 e. The van der Waals surface area contributed by atoms with E-state index in [0.717, 1.165) is 5.56 Å². The average molecular weight is 281 g/mol. The van der Waals surface area contributed by atoms with Gasteiger partial charge in [-0.15, -0.1) is 0 Å². The Balaban J connectivity index is 2.28. The number of aromatic amines is 1. The summed E-state index contributed by atoms with van der Waals surface area (Å²) >= 11 is 0. The quantitative estimate of drug-likeness (QED) is 0.795. The number of nitrogen functional groups attached to an aromatic ring is 1. The van der Waals surface area contributed by atoms with Gasteiger partial charge in [0.15, 0.2) is 0 Å². The van der Waals surface area contributed by atoms with Gasteiger partial charge in [0.1, 0.15) is 12.2 Å². The first-order valence-electron chi connectivity index (χ1n) is 5.58. The molecule has 3 N–H and O–H groups in total. The first kappa shape index (κ1) is 13.5. The van der Waals surface area contributed by atoms with Crippen LogP contribution in [0.4, 0.5) is 5.69 Å². The van der Waals surface area contributed by atoms with Gasteiger partial charge in [0.2, 0.25) is 10.0 Å². The minimum absolute atomic E-state index is 0.131. The molecule has 0 radical (unpaired) electrons. The molecule has 19 heavy (non-hydrogen) atoms. The lowest BCUT2D eigenvalue weighted by Gasteiger charge is -2.16. The molecular formula is C11H15N5O2S. The van der Waals surface area contributed by atoms with E-state index in [1.807, 2.05) is 0 Å². The van der Waals surface area contributed by atoms with Gasteiger partial charge < -0.3 is 5.73 Å². The molecule has 1 heterocycles. The average Bonchev–Trinajstić information content (AvgIpc) is 2.85. The number of hydrogen-bond acceptors (Lipinski definition) is 5. The number of nitrogens with one attached hydrogen (secondary N) is 1. The van der Waals surface area contributed by atoms with Crippen molar-refractivity contribution in [2.45, 2.75) is 18.4 Å². The third kappa shape index (κ3) is 2.74. The van der Waals surface area contributed by atoms with E-state index in [-0.39, 0.29) is 11.4 Å². The lowest BCUT2D eigenvalue weighted by atomic mass is 10.2. The fraction of sp³-hybridized carbons (Fsp3) is 0.273. The van der Waals surface area contributed by atoms with E-state index in [1.54, 1.807) is 19.1 Å². The van der Waals surface area contributed by atoms with E-state index >= 15 is 0 Å². The molecule has 8 heteroatoms. The van der Waals surface area contributed by atoms with Crippen LogP contribution in [0, 0.1) is 6.92 Å². The zero-order chi connectivity index (χ0) is 14.0. The van der Waals surface area contributed by atoms with Crippen molar-refractivity contribution in [3.63, 3.8) is 0 Å².